The van der Waals surface area contributed by atoms with Gasteiger partial charge in [0.25, 0.3) is 5.91 Å². The molecule has 0 aliphatic carbocycles. The normalized spacial score (nSPS) is 10.3. The minimum atomic E-state index is -0.197. The number of rotatable bonds is 2. The largest absolute Gasteiger partial charge is 0.310 e. The number of nitrogens with one attached hydrogen (secondary N) is 1. The molecule has 1 aromatic heterocycles. The van der Waals surface area contributed by atoms with Crippen molar-refractivity contribution in [1.29, 1.82) is 5.26 Å². The minimum absolute atomic E-state index is 0.197. The third-order valence-electron chi connectivity index (χ3n) is 3.36. The summed E-state index contributed by atoms with van der Waals surface area (Å²) in [5, 5.41) is 16.6. The highest BCUT2D eigenvalue weighted by molar-refractivity contribution is 6.12. The first kappa shape index (κ1) is 12.9. The second-order valence-electron chi connectivity index (χ2n) is 4.64. The SMILES string of the molecule is CN(C(=O)c1n[nH]c2ccccc12)c1ccc(C#N)cc1. The number of anilines is 1. The maximum atomic E-state index is 12.6. The third kappa shape index (κ3) is 2.23. The molecular formula is C16H12N4O. The summed E-state index contributed by atoms with van der Waals surface area (Å²) in [5.74, 6) is -0.197. The van der Waals surface area contributed by atoms with Gasteiger partial charge in [-0.1, -0.05) is 18.2 Å². The van der Waals surface area contributed by atoms with Crippen molar-refractivity contribution in [3.8, 4) is 6.07 Å². The molecule has 102 valence electrons. The number of nitriles is 1. The molecule has 0 spiro atoms. The molecule has 1 heterocycles. The van der Waals surface area contributed by atoms with E-state index in [4.69, 9.17) is 5.26 Å². The van der Waals surface area contributed by atoms with Crippen LogP contribution < -0.4 is 4.90 Å². The van der Waals surface area contributed by atoms with Gasteiger partial charge in [0, 0.05) is 18.1 Å². The van der Waals surface area contributed by atoms with Crippen LogP contribution in [0.4, 0.5) is 5.69 Å². The van der Waals surface area contributed by atoms with Crippen LogP contribution in [0.5, 0.6) is 0 Å². The summed E-state index contributed by atoms with van der Waals surface area (Å²) in [5.41, 5.74) is 2.49. The Morgan fingerprint density at radius 3 is 2.62 bits per heavy atom. The van der Waals surface area contributed by atoms with Crippen molar-refractivity contribution < 1.29 is 4.79 Å². The van der Waals surface area contributed by atoms with Crippen LogP contribution >= 0.6 is 0 Å². The molecule has 0 saturated heterocycles. The fraction of sp³-hybridized carbons (Fsp3) is 0.0625. The van der Waals surface area contributed by atoms with Gasteiger partial charge in [0.2, 0.25) is 0 Å². The van der Waals surface area contributed by atoms with Crippen LogP contribution in [-0.4, -0.2) is 23.2 Å². The van der Waals surface area contributed by atoms with Crippen molar-refractivity contribution in [3.63, 3.8) is 0 Å². The molecule has 0 radical (unpaired) electrons. The number of carbonyl (C=O) groups excluding carboxylic acids is 1. The Morgan fingerprint density at radius 1 is 1.19 bits per heavy atom. The second kappa shape index (κ2) is 5.10. The number of hydrogen-bond acceptors (Lipinski definition) is 3. The lowest BCUT2D eigenvalue weighted by Gasteiger charge is -2.16. The lowest BCUT2D eigenvalue weighted by atomic mass is 10.1. The molecule has 0 atom stereocenters. The Kier molecular flexibility index (Phi) is 3.13. The predicted octanol–water partition coefficient (Wildman–Crippen LogP) is 2.71. The van der Waals surface area contributed by atoms with Crippen LogP contribution in [0.25, 0.3) is 10.9 Å². The third-order valence-corrected chi connectivity index (χ3v) is 3.36. The number of nitrogens with zero attached hydrogens (tertiary/aromatic N) is 3. The minimum Gasteiger partial charge on any atom is -0.310 e. The van der Waals surface area contributed by atoms with Gasteiger partial charge in [-0.3, -0.25) is 9.89 Å². The number of carbonyl (C=O) groups is 1. The van der Waals surface area contributed by atoms with Crippen molar-refractivity contribution in [2.75, 3.05) is 11.9 Å². The van der Waals surface area contributed by atoms with Gasteiger partial charge in [-0.05, 0) is 30.3 Å². The fourth-order valence-electron chi connectivity index (χ4n) is 2.16. The molecule has 5 heteroatoms. The van der Waals surface area contributed by atoms with Gasteiger partial charge in [-0.15, -0.1) is 0 Å². The van der Waals surface area contributed by atoms with Gasteiger partial charge in [0.15, 0.2) is 5.69 Å². The molecule has 0 unspecified atom stereocenters. The van der Waals surface area contributed by atoms with E-state index < -0.39 is 0 Å². The van der Waals surface area contributed by atoms with Gasteiger partial charge in [-0.2, -0.15) is 10.4 Å². The monoisotopic (exact) mass is 276 g/mol. The number of H-pyrrole nitrogens is 1. The van der Waals surface area contributed by atoms with E-state index in [1.54, 1.807) is 31.3 Å². The van der Waals surface area contributed by atoms with Crippen LogP contribution in [0.1, 0.15) is 16.1 Å². The van der Waals surface area contributed by atoms with Gasteiger partial charge in [0.1, 0.15) is 0 Å². The quantitative estimate of drug-likeness (QED) is 0.782. The maximum Gasteiger partial charge on any atom is 0.279 e. The van der Waals surface area contributed by atoms with Crippen LogP contribution in [0.15, 0.2) is 48.5 Å². The van der Waals surface area contributed by atoms with Gasteiger partial charge < -0.3 is 4.90 Å². The summed E-state index contributed by atoms with van der Waals surface area (Å²) < 4.78 is 0. The van der Waals surface area contributed by atoms with Crippen molar-refractivity contribution in [1.82, 2.24) is 10.2 Å². The topological polar surface area (TPSA) is 72.8 Å². The van der Waals surface area contributed by atoms with Crippen molar-refractivity contribution in [3.05, 3.63) is 59.8 Å². The summed E-state index contributed by atoms with van der Waals surface area (Å²) >= 11 is 0. The first-order valence-corrected chi connectivity index (χ1v) is 6.42. The summed E-state index contributed by atoms with van der Waals surface area (Å²) in [6.45, 7) is 0. The zero-order chi connectivity index (χ0) is 14.8. The highest BCUT2D eigenvalue weighted by atomic mass is 16.2. The standard InChI is InChI=1S/C16H12N4O/c1-20(12-8-6-11(10-17)7-9-12)16(21)15-13-4-2-3-5-14(13)18-19-15/h2-9H,1H3,(H,18,19). The summed E-state index contributed by atoms with van der Waals surface area (Å²) in [6, 6.07) is 16.4. The van der Waals surface area contributed by atoms with Crippen molar-refractivity contribution in [2.45, 2.75) is 0 Å². The van der Waals surface area contributed by atoms with Crippen molar-refractivity contribution >= 4 is 22.5 Å². The van der Waals surface area contributed by atoms with E-state index in [1.807, 2.05) is 24.3 Å². The lowest BCUT2D eigenvalue weighted by molar-refractivity contribution is 0.0990. The number of amides is 1. The van der Waals surface area contributed by atoms with E-state index in [-0.39, 0.29) is 5.91 Å². The lowest BCUT2D eigenvalue weighted by Crippen LogP contribution is -2.26. The smallest absolute Gasteiger partial charge is 0.279 e. The summed E-state index contributed by atoms with van der Waals surface area (Å²) in [7, 11) is 1.69. The molecule has 2 aromatic carbocycles. The number of benzene rings is 2. The van der Waals surface area contributed by atoms with Crippen molar-refractivity contribution in [2.24, 2.45) is 0 Å². The van der Waals surface area contributed by atoms with Crippen LogP contribution in [-0.2, 0) is 0 Å². The Hall–Kier alpha value is -3.13. The molecule has 0 bridgehead atoms. The molecule has 3 rings (SSSR count). The first-order valence-electron chi connectivity index (χ1n) is 6.42. The molecule has 1 N–H and O–H groups in total. The van der Waals surface area contributed by atoms with Crippen LogP contribution in [0.2, 0.25) is 0 Å². The average Bonchev–Trinajstić information content (AvgIpc) is 2.97. The number of fused-ring (bicyclic) bond motifs is 1. The molecule has 3 aromatic rings. The van der Waals surface area contributed by atoms with Gasteiger partial charge in [0.05, 0.1) is 17.1 Å². The number of aromatic nitrogens is 2. The van der Waals surface area contributed by atoms with Gasteiger partial charge >= 0.3 is 0 Å². The van der Waals surface area contributed by atoms with E-state index in [0.717, 1.165) is 10.9 Å². The highest BCUT2D eigenvalue weighted by Crippen LogP contribution is 2.20. The first-order chi connectivity index (χ1) is 10.2. The summed E-state index contributed by atoms with van der Waals surface area (Å²) in [4.78, 5) is 14.1. The Labute approximate surface area is 121 Å². The van der Waals surface area contributed by atoms with E-state index in [0.29, 0.717) is 16.9 Å². The molecular weight excluding hydrogens is 264 g/mol. The maximum absolute atomic E-state index is 12.6. The molecule has 0 aliphatic rings. The Morgan fingerprint density at radius 2 is 1.90 bits per heavy atom. The van der Waals surface area contributed by atoms with E-state index in [1.165, 1.54) is 4.90 Å². The van der Waals surface area contributed by atoms with Crippen LogP contribution in [0.3, 0.4) is 0 Å². The van der Waals surface area contributed by atoms with E-state index in [9.17, 15) is 4.79 Å². The molecule has 0 aliphatic heterocycles. The zero-order valence-corrected chi connectivity index (χ0v) is 11.4. The predicted molar refractivity (Wildman–Crippen MR) is 80.0 cm³/mol. The molecule has 5 nitrogen and oxygen atoms in total. The Balaban J connectivity index is 1.95. The number of aromatic amines is 1. The number of para-hydroxylation sites is 1. The molecule has 0 saturated carbocycles. The average molecular weight is 276 g/mol. The zero-order valence-electron chi connectivity index (χ0n) is 11.4. The summed E-state index contributed by atoms with van der Waals surface area (Å²) in [6.07, 6.45) is 0. The highest BCUT2D eigenvalue weighted by Gasteiger charge is 2.19. The number of hydrogen-bond donors (Lipinski definition) is 1. The molecule has 1 amide bonds. The van der Waals surface area contributed by atoms with E-state index >= 15 is 0 Å². The second-order valence-corrected chi connectivity index (χ2v) is 4.64. The fourth-order valence-corrected chi connectivity index (χ4v) is 2.16. The Bertz CT molecular complexity index is 843. The van der Waals surface area contributed by atoms with Crippen LogP contribution in [0, 0.1) is 11.3 Å². The molecule has 21 heavy (non-hydrogen) atoms. The van der Waals surface area contributed by atoms with E-state index in [2.05, 4.69) is 16.3 Å². The van der Waals surface area contributed by atoms with Gasteiger partial charge in [-0.25, -0.2) is 0 Å². The molecule has 0 fully saturated rings.